The van der Waals surface area contributed by atoms with Gasteiger partial charge in [-0.05, 0) is 22.6 Å². The Kier molecular flexibility index (Phi) is 6.19. The fourth-order valence-electron chi connectivity index (χ4n) is 4.39. The molecule has 2 atom stereocenters. The smallest absolute Gasteiger partial charge is 0.363 e. The second-order valence-electron chi connectivity index (χ2n) is 9.31. The second-order valence-corrected chi connectivity index (χ2v) is 9.31. The van der Waals surface area contributed by atoms with Crippen LogP contribution in [0, 0.1) is 0 Å². The van der Waals surface area contributed by atoms with Gasteiger partial charge in [-0.1, -0.05) is 62.4 Å². The number of alkyl halides is 6. The van der Waals surface area contributed by atoms with Crippen molar-refractivity contribution in [3.05, 3.63) is 83.0 Å². The minimum absolute atomic E-state index is 0.0278. The number of benzene rings is 2. The number of carbonyl (C=O) groups is 1. The number of hydrogen-bond donors (Lipinski definition) is 1. The first-order chi connectivity index (χ1) is 16.3. The molecule has 3 aromatic rings. The molecule has 35 heavy (non-hydrogen) atoms. The molecule has 0 radical (unpaired) electrons. The summed E-state index contributed by atoms with van der Waals surface area (Å²) in [5.41, 5.74) is -0.940. The van der Waals surface area contributed by atoms with Crippen molar-refractivity contribution in [2.45, 2.75) is 56.5 Å². The topological polar surface area (TPSA) is 46.9 Å². The molecule has 2 unspecified atom stereocenters. The van der Waals surface area contributed by atoms with E-state index in [1.807, 2.05) is 0 Å². The van der Waals surface area contributed by atoms with Gasteiger partial charge in [0.2, 0.25) is 0 Å². The van der Waals surface area contributed by atoms with Crippen molar-refractivity contribution < 1.29 is 31.1 Å². The van der Waals surface area contributed by atoms with Crippen LogP contribution in [0.25, 0.3) is 0 Å². The van der Waals surface area contributed by atoms with Crippen LogP contribution in [0.2, 0.25) is 0 Å². The molecule has 1 aliphatic heterocycles. The monoisotopic (exact) mass is 495 g/mol. The van der Waals surface area contributed by atoms with Crippen molar-refractivity contribution in [3.63, 3.8) is 0 Å². The van der Waals surface area contributed by atoms with Crippen molar-refractivity contribution in [1.29, 1.82) is 0 Å². The summed E-state index contributed by atoms with van der Waals surface area (Å²) < 4.78 is 81.9. The third-order valence-electron chi connectivity index (χ3n) is 6.31. The highest BCUT2D eigenvalue weighted by Gasteiger charge is 2.47. The van der Waals surface area contributed by atoms with E-state index >= 15 is 0 Å². The van der Waals surface area contributed by atoms with Gasteiger partial charge in [-0.3, -0.25) is 4.79 Å². The third-order valence-corrected chi connectivity index (χ3v) is 6.31. The number of halogens is 6. The summed E-state index contributed by atoms with van der Waals surface area (Å²) in [6.07, 6.45) is -8.55. The van der Waals surface area contributed by atoms with Gasteiger partial charge >= 0.3 is 12.4 Å². The van der Waals surface area contributed by atoms with Gasteiger partial charge in [0.05, 0.1) is 23.4 Å². The van der Waals surface area contributed by atoms with Gasteiger partial charge in [0.1, 0.15) is 5.82 Å². The molecule has 0 aliphatic carbocycles. The summed E-state index contributed by atoms with van der Waals surface area (Å²) in [7, 11) is 0. The maximum atomic E-state index is 13.9. The van der Waals surface area contributed by atoms with Crippen LogP contribution in [-0.2, 0) is 11.6 Å². The van der Waals surface area contributed by atoms with Crippen LogP contribution >= 0.6 is 0 Å². The van der Waals surface area contributed by atoms with Crippen LogP contribution in [0.15, 0.2) is 60.8 Å². The highest BCUT2D eigenvalue weighted by molar-refractivity contribution is 6.01. The zero-order valence-corrected chi connectivity index (χ0v) is 18.9. The van der Waals surface area contributed by atoms with Gasteiger partial charge in [-0.2, -0.15) is 31.4 Å². The van der Waals surface area contributed by atoms with Crippen molar-refractivity contribution in [2.75, 3.05) is 5.32 Å². The summed E-state index contributed by atoms with van der Waals surface area (Å²) in [6, 6.07) is 10.7. The van der Waals surface area contributed by atoms with E-state index in [2.05, 4.69) is 10.4 Å². The molecule has 0 amide bonds. The number of carbonyl (C=O) groups excluding carboxylic acids is 1. The van der Waals surface area contributed by atoms with Gasteiger partial charge in [0.15, 0.2) is 11.8 Å². The van der Waals surface area contributed by atoms with E-state index in [1.165, 1.54) is 12.1 Å². The minimum atomic E-state index is -4.59. The van der Waals surface area contributed by atoms with Crippen LogP contribution in [0.5, 0.6) is 0 Å². The Hall–Kier alpha value is -3.30. The highest BCUT2D eigenvalue weighted by atomic mass is 19.4. The van der Waals surface area contributed by atoms with E-state index < -0.39 is 41.2 Å². The predicted molar refractivity (Wildman–Crippen MR) is 118 cm³/mol. The summed E-state index contributed by atoms with van der Waals surface area (Å²) in [5.74, 6) is -0.562. The quantitative estimate of drug-likeness (QED) is 0.303. The number of aromatic nitrogens is 2. The van der Waals surface area contributed by atoms with Gasteiger partial charge in [-0.25, -0.2) is 4.68 Å². The maximum Gasteiger partial charge on any atom is 0.416 e. The zero-order valence-electron chi connectivity index (χ0n) is 18.9. The molecule has 0 saturated carbocycles. The van der Waals surface area contributed by atoms with Crippen LogP contribution in [0.3, 0.4) is 0 Å². The Morgan fingerprint density at radius 2 is 1.66 bits per heavy atom. The molecule has 1 aliphatic rings. The molecule has 2 heterocycles. The van der Waals surface area contributed by atoms with Crippen LogP contribution < -0.4 is 5.32 Å². The summed E-state index contributed by atoms with van der Waals surface area (Å²) in [5, 5.41) is 6.90. The van der Waals surface area contributed by atoms with Gasteiger partial charge in [-0.15, -0.1) is 0 Å². The molecule has 2 aromatic carbocycles. The largest absolute Gasteiger partial charge is 0.416 e. The number of hydrogen-bond acceptors (Lipinski definition) is 3. The second kappa shape index (κ2) is 8.73. The number of fused-ring (bicyclic) bond motifs is 1. The lowest BCUT2D eigenvalue weighted by Gasteiger charge is -2.34. The Bertz CT molecular complexity index is 1210. The normalized spacial score (nSPS) is 18.6. The average Bonchev–Trinajstić information content (AvgIpc) is 3.22. The van der Waals surface area contributed by atoms with Crippen molar-refractivity contribution >= 4 is 11.6 Å². The van der Waals surface area contributed by atoms with Gasteiger partial charge in [0, 0.05) is 12.8 Å². The molecule has 1 aromatic heterocycles. The first-order valence-corrected chi connectivity index (χ1v) is 10.9. The van der Waals surface area contributed by atoms with Crippen molar-refractivity contribution in [2.24, 2.45) is 0 Å². The summed E-state index contributed by atoms with van der Waals surface area (Å²) >= 11 is 0. The molecule has 0 fully saturated rings. The number of nitrogens with one attached hydrogen (secondary N) is 1. The lowest BCUT2D eigenvalue weighted by Crippen LogP contribution is -2.36. The number of Topliss-reactive ketones (excluding diaryl/α,β-unsaturated/α-hetero) is 1. The molecular weight excluding hydrogens is 472 g/mol. The lowest BCUT2D eigenvalue weighted by atomic mass is 9.78. The first-order valence-electron chi connectivity index (χ1n) is 10.9. The number of anilines is 1. The Balaban J connectivity index is 1.66. The van der Waals surface area contributed by atoms with Crippen molar-refractivity contribution in [3.8, 4) is 0 Å². The Morgan fingerprint density at radius 3 is 2.29 bits per heavy atom. The van der Waals surface area contributed by atoms with E-state index in [-0.39, 0.29) is 24.2 Å². The van der Waals surface area contributed by atoms with Crippen molar-refractivity contribution in [1.82, 2.24) is 9.78 Å². The molecule has 0 bridgehead atoms. The number of nitrogens with zero attached hydrogens (tertiary/aromatic N) is 2. The van der Waals surface area contributed by atoms with E-state index in [1.54, 1.807) is 44.2 Å². The minimum Gasteiger partial charge on any atom is -0.363 e. The zero-order chi connectivity index (χ0) is 25.6. The van der Waals surface area contributed by atoms with Crippen LogP contribution in [0.4, 0.5) is 32.2 Å². The SMILES string of the molecule is CC(C)(CC(=O)c1cnn2c1NC(c1ccccc1)CC2C(F)(F)F)c1cccc(C(F)(F)F)c1. The molecule has 0 saturated heterocycles. The number of ketones is 1. The van der Waals surface area contributed by atoms with E-state index in [0.29, 0.717) is 11.1 Å². The summed E-state index contributed by atoms with van der Waals surface area (Å²) in [6.45, 7) is 3.24. The standard InChI is InChI=1S/C25H23F6N3O/c1-23(2,16-9-6-10-17(11-16)24(26,27)28)13-20(35)18-14-32-34-21(25(29,30)31)12-19(33-22(18)34)15-7-4-3-5-8-15/h3-11,14,19,21,33H,12-13H2,1-2H3. The third kappa shape index (κ3) is 5.06. The molecule has 10 heteroatoms. The molecule has 186 valence electrons. The average molecular weight is 495 g/mol. The Labute approximate surface area is 198 Å². The lowest BCUT2D eigenvalue weighted by molar-refractivity contribution is -0.173. The predicted octanol–water partition coefficient (Wildman–Crippen LogP) is 7.11. The summed E-state index contributed by atoms with van der Waals surface area (Å²) in [4.78, 5) is 13.3. The molecular formula is C25H23F6N3O. The molecule has 1 N–H and O–H groups in total. The van der Waals surface area contributed by atoms with E-state index in [9.17, 15) is 31.1 Å². The maximum absolute atomic E-state index is 13.9. The molecule has 0 spiro atoms. The highest BCUT2D eigenvalue weighted by Crippen LogP contribution is 2.45. The Morgan fingerprint density at radius 1 is 1.00 bits per heavy atom. The first kappa shape index (κ1) is 24.8. The van der Waals surface area contributed by atoms with Crippen LogP contribution in [-0.4, -0.2) is 21.7 Å². The molecule has 4 rings (SSSR count). The number of rotatable bonds is 5. The van der Waals surface area contributed by atoms with Crippen LogP contribution in [0.1, 0.15) is 65.8 Å². The van der Waals surface area contributed by atoms with Gasteiger partial charge in [0.25, 0.3) is 0 Å². The fourth-order valence-corrected chi connectivity index (χ4v) is 4.39. The van der Waals surface area contributed by atoms with E-state index in [0.717, 1.165) is 23.0 Å². The fraction of sp³-hybridized carbons (Fsp3) is 0.360. The molecule has 4 nitrogen and oxygen atoms in total. The van der Waals surface area contributed by atoms with Gasteiger partial charge < -0.3 is 5.32 Å². The van der Waals surface area contributed by atoms with E-state index in [4.69, 9.17) is 0 Å².